The number of piperidine rings is 3. The van der Waals surface area contributed by atoms with Gasteiger partial charge in [0, 0.05) is 101 Å². The highest BCUT2D eigenvalue weighted by atomic mass is 32.2. The molecule has 0 saturated carbocycles. The van der Waals surface area contributed by atoms with Crippen LogP contribution in [0.3, 0.4) is 0 Å². The molecule has 68 heavy (non-hydrogen) atoms. The molecule has 1 atom stereocenters. The van der Waals surface area contributed by atoms with E-state index in [2.05, 4.69) is 30.3 Å². The zero-order valence-corrected chi connectivity index (χ0v) is 40.1. The first-order valence-electron chi connectivity index (χ1n) is 25.0. The zero-order valence-electron chi connectivity index (χ0n) is 39.3. The van der Waals surface area contributed by atoms with Crippen molar-refractivity contribution < 1.29 is 28.8 Å². The van der Waals surface area contributed by atoms with Gasteiger partial charge in [-0.15, -0.1) is 11.8 Å². The van der Waals surface area contributed by atoms with Crippen molar-refractivity contribution in [1.82, 2.24) is 40.2 Å². The number of thioether (sulfide) groups is 1. The van der Waals surface area contributed by atoms with Crippen molar-refractivity contribution in [3.05, 3.63) is 89.4 Å². The number of benzene rings is 1. The molecule has 0 spiro atoms. The fourth-order valence-corrected chi connectivity index (χ4v) is 11.2. The Kier molecular flexibility index (Phi) is 17.4. The van der Waals surface area contributed by atoms with Crippen molar-refractivity contribution in [3.63, 3.8) is 0 Å². The summed E-state index contributed by atoms with van der Waals surface area (Å²) < 4.78 is 0. The van der Waals surface area contributed by atoms with Gasteiger partial charge in [-0.25, -0.2) is 4.98 Å². The Balaban J connectivity index is 0.638. The van der Waals surface area contributed by atoms with Crippen LogP contribution < -0.4 is 15.5 Å². The standard InChI is InChI=1S/C52H67N9O6S/c62-47(17-11-39-10-8-23-53-36-39)54-24-5-4-9-38-19-26-60(27-20-38)50(65)40-12-16-46(55-37-40)59-28-21-41(22-29-59)58-32-30-57(31-33-58)25-6-2-1-3-7-34-68-42-13-14-43-44(35-42)52(67)61(51(43)66)45-15-18-48(63)56-49(45)64/h8,10-14,16-17,23,35-38,41,45H,1-7,9,15,18-22,24-34H2,(H,54,62)(H,56,63,64)/b17-11+. The summed E-state index contributed by atoms with van der Waals surface area (Å²) in [5, 5.41) is 5.21. The second kappa shape index (κ2) is 24.2. The van der Waals surface area contributed by atoms with Gasteiger partial charge in [0.25, 0.3) is 17.7 Å². The Bertz CT molecular complexity index is 2250. The molecule has 4 fully saturated rings. The summed E-state index contributed by atoms with van der Waals surface area (Å²) in [5.41, 5.74) is 2.22. The highest BCUT2D eigenvalue weighted by molar-refractivity contribution is 7.99. The number of nitrogens with zero attached hydrogens (tertiary/aromatic N) is 7. The number of carbonyl (C=O) groups excluding carboxylic acids is 6. The van der Waals surface area contributed by atoms with E-state index in [0.717, 1.165) is 144 Å². The number of pyridine rings is 2. The normalized spacial score (nSPS) is 20.1. The monoisotopic (exact) mass is 945 g/mol. The largest absolute Gasteiger partial charge is 0.357 e. The molecule has 4 saturated heterocycles. The zero-order chi connectivity index (χ0) is 47.2. The van der Waals surface area contributed by atoms with Crippen molar-refractivity contribution in [2.24, 2.45) is 5.92 Å². The number of amides is 6. The third-order valence-electron chi connectivity index (χ3n) is 14.4. The molecular formula is C52H67N9O6S. The van der Waals surface area contributed by atoms with Gasteiger partial charge in [-0.3, -0.25) is 48.9 Å². The number of hydrogen-bond acceptors (Lipinski definition) is 12. The van der Waals surface area contributed by atoms with Crippen molar-refractivity contribution in [1.29, 1.82) is 0 Å². The van der Waals surface area contributed by atoms with Gasteiger partial charge in [-0.2, -0.15) is 0 Å². The first kappa shape index (κ1) is 49.0. The second-order valence-corrected chi connectivity index (χ2v) is 20.1. The lowest BCUT2D eigenvalue weighted by Crippen LogP contribution is -2.54. The summed E-state index contributed by atoms with van der Waals surface area (Å²) in [6, 6.07) is 12.7. The van der Waals surface area contributed by atoms with Crippen molar-refractivity contribution >= 4 is 59.1 Å². The van der Waals surface area contributed by atoms with Gasteiger partial charge < -0.3 is 20.0 Å². The lowest BCUT2D eigenvalue weighted by atomic mass is 9.91. The predicted octanol–water partition coefficient (Wildman–Crippen LogP) is 6.06. The molecule has 362 valence electrons. The van der Waals surface area contributed by atoms with Crippen molar-refractivity contribution in [2.45, 2.75) is 107 Å². The molecule has 6 amide bonds. The van der Waals surface area contributed by atoms with E-state index in [-0.39, 0.29) is 30.6 Å². The summed E-state index contributed by atoms with van der Waals surface area (Å²) in [4.78, 5) is 96.0. The molecule has 15 nitrogen and oxygen atoms in total. The Labute approximate surface area is 404 Å². The van der Waals surface area contributed by atoms with Crippen molar-refractivity contribution in [3.8, 4) is 0 Å². The summed E-state index contributed by atoms with van der Waals surface area (Å²) >= 11 is 1.69. The minimum Gasteiger partial charge on any atom is -0.357 e. The summed E-state index contributed by atoms with van der Waals surface area (Å²) in [5.74, 6) is 0.594. The van der Waals surface area contributed by atoms with Crippen molar-refractivity contribution in [2.75, 3.05) is 76.1 Å². The number of aromatic nitrogens is 2. The summed E-state index contributed by atoms with van der Waals surface area (Å²) in [6.45, 7) is 9.82. The van der Waals surface area contributed by atoms with Crippen LogP contribution in [-0.2, 0) is 14.4 Å². The van der Waals surface area contributed by atoms with Gasteiger partial charge >= 0.3 is 0 Å². The maximum Gasteiger partial charge on any atom is 0.262 e. The van der Waals surface area contributed by atoms with E-state index in [1.165, 1.54) is 19.3 Å². The Morgan fingerprint density at radius 1 is 0.779 bits per heavy atom. The number of anilines is 1. The molecule has 5 aliphatic rings. The fraction of sp³-hybridized carbons (Fsp3) is 0.538. The molecule has 1 aromatic carbocycles. The van der Waals surface area contributed by atoms with Gasteiger partial charge in [-0.05, 0) is 118 Å². The van der Waals surface area contributed by atoms with E-state index in [1.807, 2.05) is 35.2 Å². The Hall–Kier alpha value is -5.45. The number of carbonyl (C=O) groups is 6. The molecular weight excluding hydrogens is 879 g/mol. The molecule has 0 bridgehead atoms. The quantitative estimate of drug-likeness (QED) is 0.0583. The van der Waals surface area contributed by atoms with Crippen LogP contribution >= 0.6 is 11.8 Å². The fourth-order valence-electron chi connectivity index (χ4n) is 10.3. The highest BCUT2D eigenvalue weighted by Crippen LogP contribution is 2.32. The Morgan fingerprint density at radius 2 is 1.56 bits per heavy atom. The van der Waals surface area contributed by atoms with Gasteiger partial charge in [-0.1, -0.05) is 38.2 Å². The molecule has 0 aliphatic carbocycles. The van der Waals surface area contributed by atoms with Crippen LogP contribution in [0.4, 0.5) is 5.82 Å². The maximum atomic E-state index is 13.4. The first-order chi connectivity index (χ1) is 33.2. The van der Waals surface area contributed by atoms with E-state index in [0.29, 0.717) is 35.2 Å². The lowest BCUT2D eigenvalue weighted by Gasteiger charge is -2.43. The van der Waals surface area contributed by atoms with E-state index >= 15 is 0 Å². The number of nitrogens with one attached hydrogen (secondary N) is 2. The first-order valence-corrected chi connectivity index (χ1v) is 26.0. The SMILES string of the molecule is O=C(/C=C/c1cccnc1)NCCCCC1CCN(C(=O)c2ccc(N3CCC(N4CCN(CCCCCCCSc5ccc6c(c5)C(=O)N(C5CCC(=O)NC5=O)C6=O)CC4)CC3)nc2)CC1. The number of rotatable bonds is 20. The maximum absolute atomic E-state index is 13.4. The van der Waals surface area contributed by atoms with Crippen LogP contribution in [0, 0.1) is 5.92 Å². The average molecular weight is 946 g/mol. The van der Waals surface area contributed by atoms with E-state index in [4.69, 9.17) is 4.98 Å². The molecule has 5 aliphatic heterocycles. The molecule has 2 N–H and O–H groups in total. The number of likely N-dealkylation sites (tertiary alicyclic amines) is 1. The second-order valence-electron chi connectivity index (χ2n) is 18.9. The van der Waals surface area contributed by atoms with Gasteiger partial charge in [0.05, 0.1) is 16.7 Å². The van der Waals surface area contributed by atoms with E-state index < -0.39 is 23.8 Å². The van der Waals surface area contributed by atoms with Crippen LogP contribution in [0.5, 0.6) is 0 Å². The van der Waals surface area contributed by atoms with Crippen LogP contribution in [0.1, 0.15) is 127 Å². The predicted molar refractivity (Wildman–Crippen MR) is 263 cm³/mol. The van der Waals surface area contributed by atoms with Gasteiger partial charge in [0.2, 0.25) is 17.7 Å². The number of imide groups is 2. The smallest absolute Gasteiger partial charge is 0.262 e. The number of fused-ring (bicyclic) bond motifs is 1. The minimum absolute atomic E-state index is 0.0763. The minimum atomic E-state index is -0.946. The van der Waals surface area contributed by atoms with E-state index in [9.17, 15) is 28.8 Å². The molecule has 8 rings (SSSR count). The molecule has 0 radical (unpaired) electrons. The number of hydrogen-bond donors (Lipinski definition) is 2. The third-order valence-corrected chi connectivity index (χ3v) is 15.4. The average Bonchev–Trinajstić information content (AvgIpc) is 3.61. The molecule has 16 heteroatoms. The van der Waals surface area contributed by atoms with Crippen LogP contribution in [0.25, 0.3) is 6.08 Å². The topological polar surface area (TPSA) is 168 Å². The van der Waals surface area contributed by atoms with Gasteiger partial charge in [0.1, 0.15) is 11.9 Å². The van der Waals surface area contributed by atoms with Crippen LogP contribution in [-0.4, -0.2) is 148 Å². The summed E-state index contributed by atoms with van der Waals surface area (Å²) in [7, 11) is 0. The summed E-state index contributed by atoms with van der Waals surface area (Å²) in [6.07, 6.45) is 22.1. The highest BCUT2D eigenvalue weighted by Gasteiger charge is 2.44. The number of unbranched alkanes of at least 4 members (excludes halogenated alkanes) is 5. The Morgan fingerprint density at radius 3 is 2.31 bits per heavy atom. The molecule has 1 unspecified atom stereocenters. The lowest BCUT2D eigenvalue weighted by molar-refractivity contribution is -0.136. The molecule has 3 aromatic rings. The van der Waals surface area contributed by atoms with Crippen LogP contribution in [0.2, 0.25) is 0 Å². The molecule has 2 aromatic heterocycles. The van der Waals surface area contributed by atoms with Crippen LogP contribution in [0.15, 0.2) is 72.0 Å². The molecule has 7 heterocycles. The van der Waals surface area contributed by atoms with Gasteiger partial charge in [0.15, 0.2) is 0 Å². The van der Waals surface area contributed by atoms with E-state index in [1.54, 1.807) is 54.6 Å². The third kappa shape index (κ3) is 13.0. The number of piperazine rings is 1.